The Morgan fingerprint density at radius 2 is 1.57 bits per heavy atom. The second kappa shape index (κ2) is 12.2. The Hall–Kier alpha value is -2.67. The number of allylic oxidation sites excluding steroid dienone is 2. The van der Waals surface area contributed by atoms with Crippen LogP contribution >= 0.6 is 0 Å². The monoisotopic (exact) mass is 509 g/mol. The van der Waals surface area contributed by atoms with Crippen molar-refractivity contribution in [3.63, 3.8) is 0 Å². The van der Waals surface area contributed by atoms with Crippen LogP contribution in [0, 0.1) is 42.9 Å². The molecule has 5 rings (SSSR count). The summed E-state index contributed by atoms with van der Waals surface area (Å²) in [6, 6.07) is 6.50. The van der Waals surface area contributed by atoms with E-state index in [1.165, 1.54) is 42.6 Å². The number of likely N-dealkylation sites (tertiary alicyclic amines) is 1. The van der Waals surface area contributed by atoms with E-state index in [2.05, 4.69) is 59.7 Å². The molecule has 7 nitrogen and oxygen atoms in total. The Kier molecular flexibility index (Phi) is 9.06. The van der Waals surface area contributed by atoms with Gasteiger partial charge in [0.2, 0.25) is 11.8 Å². The molecule has 2 amide bonds. The molecule has 1 heterocycles. The molecule has 2 bridgehead atoms. The highest BCUT2D eigenvalue weighted by molar-refractivity contribution is 5.90. The van der Waals surface area contributed by atoms with Crippen molar-refractivity contribution >= 4 is 18.3 Å². The van der Waals surface area contributed by atoms with Gasteiger partial charge in [-0.05, 0) is 112 Å². The molecule has 0 aromatic heterocycles. The molecule has 0 radical (unpaired) electrons. The van der Waals surface area contributed by atoms with Gasteiger partial charge < -0.3 is 20.6 Å². The van der Waals surface area contributed by atoms with Crippen LogP contribution in [-0.4, -0.2) is 61.0 Å². The van der Waals surface area contributed by atoms with Gasteiger partial charge in [-0.15, -0.1) is 0 Å². The summed E-state index contributed by atoms with van der Waals surface area (Å²) in [4.78, 5) is 37.6. The van der Waals surface area contributed by atoms with E-state index in [1.807, 2.05) is 0 Å². The van der Waals surface area contributed by atoms with Gasteiger partial charge in [0.15, 0.2) is 0 Å². The number of hydrogen-bond donors (Lipinski definition) is 3. The number of aryl methyl sites for hydroxylation is 2. The normalized spacial score (nSPS) is 26.5. The smallest absolute Gasteiger partial charge is 0.290 e. The molecule has 37 heavy (non-hydrogen) atoms. The van der Waals surface area contributed by atoms with Gasteiger partial charge in [0.25, 0.3) is 6.47 Å². The van der Waals surface area contributed by atoms with E-state index in [1.54, 1.807) is 0 Å². The van der Waals surface area contributed by atoms with Crippen molar-refractivity contribution in [2.45, 2.75) is 58.8 Å². The molecule has 1 spiro atoms. The van der Waals surface area contributed by atoms with Gasteiger partial charge in [-0.3, -0.25) is 14.4 Å². The van der Waals surface area contributed by atoms with E-state index >= 15 is 0 Å². The quantitative estimate of drug-likeness (QED) is 0.255. The summed E-state index contributed by atoms with van der Waals surface area (Å²) >= 11 is 0. The summed E-state index contributed by atoms with van der Waals surface area (Å²) in [5.41, 5.74) is 4.02. The minimum absolute atomic E-state index is 0.0705. The zero-order valence-electron chi connectivity index (χ0n) is 22.4. The van der Waals surface area contributed by atoms with Crippen molar-refractivity contribution < 1.29 is 19.5 Å². The molecule has 4 aliphatic rings. The Bertz CT molecular complexity index is 997. The van der Waals surface area contributed by atoms with Crippen LogP contribution in [-0.2, 0) is 20.8 Å². The Morgan fingerprint density at radius 3 is 2.14 bits per heavy atom. The van der Waals surface area contributed by atoms with Crippen molar-refractivity contribution in [1.29, 1.82) is 0 Å². The molecular formula is C30H43N3O4. The van der Waals surface area contributed by atoms with E-state index < -0.39 is 0 Å². The first kappa shape index (κ1) is 27.4. The summed E-state index contributed by atoms with van der Waals surface area (Å²) in [5, 5.41) is 13.3. The number of unbranched alkanes of at least 4 members (excludes halogenated alkanes) is 1. The fraction of sp³-hybridized carbons (Fsp3) is 0.633. The van der Waals surface area contributed by atoms with Gasteiger partial charge in [0, 0.05) is 13.1 Å². The van der Waals surface area contributed by atoms with Crippen molar-refractivity contribution in [2.75, 3.05) is 32.7 Å². The van der Waals surface area contributed by atoms with Crippen molar-refractivity contribution in [1.82, 2.24) is 15.5 Å². The average Bonchev–Trinajstić information content (AvgIpc) is 3.23. The lowest BCUT2D eigenvalue weighted by Gasteiger charge is -2.26. The van der Waals surface area contributed by atoms with E-state index in [0.29, 0.717) is 6.54 Å². The average molecular weight is 510 g/mol. The van der Waals surface area contributed by atoms with Gasteiger partial charge in [0.1, 0.15) is 0 Å². The first-order chi connectivity index (χ1) is 17.9. The zero-order chi connectivity index (χ0) is 26.4. The lowest BCUT2D eigenvalue weighted by atomic mass is 9.81. The molecule has 1 aliphatic heterocycles. The molecule has 1 saturated heterocycles. The Labute approximate surface area is 221 Å². The minimum atomic E-state index is -0.250. The van der Waals surface area contributed by atoms with Gasteiger partial charge in [-0.25, -0.2) is 0 Å². The third-order valence-electron chi connectivity index (χ3n) is 9.13. The highest BCUT2D eigenvalue weighted by Gasteiger charge is 2.69. The maximum absolute atomic E-state index is 13.4. The van der Waals surface area contributed by atoms with Crippen LogP contribution in [0.15, 0.2) is 30.4 Å². The van der Waals surface area contributed by atoms with Crippen LogP contribution in [0.4, 0.5) is 0 Å². The number of nitrogens with zero attached hydrogens (tertiary/aromatic N) is 1. The third-order valence-corrected chi connectivity index (χ3v) is 9.13. The molecule has 4 atom stereocenters. The highest BCUT2D eigenvalue weighted by atomic mass is 16.3. The van der Waals surface area contributed by atoms with Crippen LogP contribution < -0.4 is 10.6 Å². The fourth-order valence-electron chi connectivity index (χ4n) is 6.91. The molecule has 3 aliphatic carbocycles. The van der Waals surface area contributed by atoms with E-state index in [0.717, 1.165) is 45.2 Å². The number of carbonyl (C=O) groups excluding carboxylic acids is 2. The van der Waals surface area contributed by atoms with Crippen LogP contribution in [0.25, 0.3) is 0 Å². The van der Waals surface area contributed by atoms with Crippen molar-refractivity contribution in [3.8, 4) is 0 Å². The van der Waals surface area contributed by atoms with E-state index in [-0.39, 0.29) is 47.4 Å². The predicted molar refractivity (Wildman–Crippen MR) is 144 cm³/mol. The summed E-state index contributed by atoms with van der Waals surface area (Å²) in [5.74, 6) is 0.196. The first-order valence-corrected chi connectivity index (χ1v) is 14.0. The lowest BCUT2D eigenvalue weighted by molar-refractivity contribution is -0.135. The number of carboxylic acid groups (broad SMARTS) is 1. The first-order valence-electron chi connectivity index (χ1n) is 14.0. The SMILES string of the molecule is Cc1ccc(CCNC(=O)[C@H]2[C@H](C(=O)NCCCCN3CCCC3)[C@H]3C=C[C@@H]2C32CC2)cc1C.O=CO. The molecule has 1 aromatic rings. The fourth-order valence-corrected chi connectivity index (χ4v) is 6.91. The summed E-state index contributed by atoms with van der Waals surface area (Å²) in [7, 11) is 0. The van der Waals surface area contributed by atoms with Crippen molar-refractivity contribution in [2.24, 2.45) is 29.1 Å². The number of hydrogen-bond acceptors (Lipinski definition) is 4. The molecule has 3 fully saturated rings. The van der Waals surface area contributed by atoms with E-state index in [4.69, 9.17) is 9.90 Å². The summed E-state index contributed by atoms with van der Waals surface area (Å²) in [6.45, 7) is 8.94. The van der Waals surface area contributed by atoms with Gasteiger partial charge >= 0.3 is 0 Å². The third kappa shape index (κ3) is 6.08. The number of rotatable bonds is 10. The standard InChI is InChI=1S/C29H41N3O2.CH2O2/c1-20-7-8-22(19-21(20)2)11-15-31-28(34)26-24-10-9-23(29(24)12-13-29)25(26)27(33)30-14-3-4-16-32-17-5-6-18-32;2-1-3/h7-10,19,23-26H,3-6,11-18H2,1-2H3,(H,30,33)(H,31,34);1H,(H,2,3)/t23-,24+,25-,26-;/m1./s1. The maximum Gasteiger partial charge on any atom is 0.290 e. The summed E-state index contributed by atoms with van der Waals surface area (Å²) < 4.78 is 0. The minimum Gasteiger partial charge on any atom is -0.483 e. The van der Waals surface area contributed by atoms with E-state index in [9.17, 15) is 9.59 Å². The van der Waals surface area contributed by atoms with Crippen LogP contribution in [0.3, 0.4) is 0 Å². The van der Waals surface area contributed by atoms with Gasteiger partial charge in [-0.2, -0.15) is 0 Å². The molecule has 202 valence electrons. The second-order valence-electron chi connectivity index (χ2n) is 11.3. The van der Waals surface area contributed by atoms with Gasteiger partial charge in [-0.1, -0.05) is 30.4 Å². The van der Waals surface area contributed by atoms with Crippen molar-refractivity contribution in [3.05, 3.63) is 47.0 Å². The van der Waals surface area contributed by atoms with Crippen LogP contribution in [0.5, 0.6) is 0 Å². The predicted octanol–water partition coefficient (Wildman–Crippen LogP) is 3.48. The topological polar surface area (TPSA) is 98.7 Å². The lowest BCUT2D eigenvalue weighted by Crippen LogP contribution is -2.44. The zero-order valence-corrected chi connectivity index (χ0v) is 22.4. The number of amides is 2. The Morgan fingerprint density at radius 1 is 0.973 bits per heavy atom. The largest absolute Gasteiger partial charge is 0.483 e. The molecule has 2 saturated carbocycles. The second-order valence-corrected chi connectivity index (χ2v) is 11.3. The van der Waals surface area contributed by atoms with Crippen LogP contribution in [0.2, 0.25) is 0 Å². The molecular weight excluding hydrogens is 466 g/mol. The number of carbonyl (C=O) groups is 3. The molecule has 7 heteroatoms. The Balaban J connectivity index is 0.00000102. The molecule has 3 N–H and O–H groups in total. The summed E-state index contributed by atoms with van der Waals surface area (Å²) in [6.07, 6.45) is 12.4. The number of nitrogens with one attached hydrogen (secondary N) is 2. The maximum atomic E-state index is 13.4. The molecule has 0 unspecified atom stereocenters. The highest BCUT2D eigenvalue weighted by Crippen LogP contribution is 2.72. The molecule has 1 aromatic carbocycles. The van der Waals surface area contributed by atoms with Crippen LogP contribution in [0.1, 0.15) is 55.2 Å². The van der Waals surface area contributed by atoms with Gasteiger partial charge in [0.05, 0.1) is 11.8 Å². The number of benzene rings is 1.